The number of amides is 1. The summed E-state index contributed by atoms with van der Waals surface area (Å²) in [4.78, 5) is 29.1. The molecule has 1 aliphatic rings. The minimum atomic E-state index is -4.53. The fourth-order valence-corrected chi connectivity index (χ4v) is 3.27. The van der Waals surface area contributed by atoms with Gasteiger partial charge in [0.05, 0.1) is 11.7 Å². The van der Waals surface area contributed by atoms with Gasteiger partial charge in [0.25, 0.3) is 0 Å². The van der Waals surface area contributed by atoms with E-state index in [0.717, 1.165) is 17.2 Å². The third kappa shape index (κ3) is 4.70. The van der Waals surface area contributed by atoms with Gasteiger partial charge in [0.1, 0.15) is 18.1 Å². The van der Waals surface area contributed by atoms with Gasteiger partial charge in [0.2, 0.25) is 5.95 Å². The lowest BCUT2D eigenvalue weighted by molar-refractivity contribution is -0.141. The summed E-state index contributed by atoms with van der Waals surface area (Å²) in [6, 6.07) is 6.87. The number of carbonyl (C=O) groups is 1. The van der Waals surface area contributed by atoms with E-state index in [0.29, 0.717) is 16.8 Å². The number of rotatable bonds is 5. The molecule has 1 saturated heterocycles. The Kier molecular flexibility index (Phi) is 5.62. The maximum Gasteiger partial charge on any atom is 0.433 e. The molecule has 3 aromatic rings. The highest BCUT2D eigenvalue weighted by Gasteiger charge is 2.44. The van der Waals surface area contributed by atoms with Gasteiger partial charge in [0, 0.05) is 24.2 Å². The standard InChI is InChI=1S/C21H19F3N6O3/c1-12(28-18-26-8-6-17(29-18)30-19(31)33-11-20(30,2)32)15-4-3-14(10-27-15)13-5-7-25-16(9-13)21(22,23)24/h3-10,12,32H,11H2,1-2H3,(H,26,28,29)/t12-,20-/m0/s1. The summed E-state index contributed by atoms with van der Waals surface area (Å²) in [6.07, 6.45) is -1.25. The van der Waals surface area contributed by atoms with Gasteiger partial charge in [-0.2, -0.15) is 18.2 Å². The number of aromatic nitrogens is 4. The van der Waals surface area contributed by atoms with Crippen LogP contribution in [-0.2, 0) is 10.9 Å². The summed E-state index contributed by atoms with van der Waals surface area (Å²) < 4.78 is 43.6. The Morgan fingerprint density at radius 3 is 2.55 bits per heavy atom. The molecule has 0 unspecified atom stereocenters. The first-order chi connectivity index (χ1) is 15.5. The van der Waals surface area contributed by atoms with E-state index in [1.165, 1.54) is 31.5 Å². The van der Waals surface area contributed by atoms with E-state index in [2.05, 4.69) is 25.3 Å². The van der Waals surface area contributed by atoms with Gasteiger partial charge in [-0.25, -0.2) is 14.7 Å². The van der Waals surface area contributed by atoms with Crippen LogP contribution in [0, 0.1) is 0 Å². The Hall–Kier alpha value is -3.80. The average molecular weight is 460 g/mol. The number of pyridine rings is 2. The first-order valence-corrected chi connectivity index (χ1v) is 9.83. The lowest BCUT2D eigenvalue weighted by Crippen LogP contribution is -2.45. The largest absolute Gasteiger partial charge is 0.444 e. The molecule has 1 fully saturated rings. The number of nitrogens with one attached hydrogen (secondary N) is 1. The lowest BCUT2D eigenvalue weighted by Gasteiger charge is -2.25. The van der Waals surface area contributed by atoms with Crippen LogP contribution in [0.2, 0.25) is 0 Å². The van der Waals surface area contributed by atoms with Gasteiger partial charge in [-0.3, -0.25) is 9.97 Å². The molecule has 1 amide bonds. The fraction of sp³-hybridized carbons (Fsp3) is 0.286. The van der Waals surface area contributed by atoms with Gasteiger partial charge < -0.3 is 15.2 Å². The Balaban J connectivity index is 1.50. The number of anilines is 2. The number of halogens is 3. The van der Waals surface area contributed by atoms with Crippen LogP contribution in [0.3, 0.4) is 0 Å². The highest BCUT2D eigenvalue weighted by atomic mass is 19.4. The molecule has 9 nitrogen and oxygen atoms in total. The second-order valence-corrected chi connectivity index (χ2v) is 7.61. The molecular weight excluding hydrogens is 441 g/mol. The average Bonchev–Trinajstić information content (AvgIpc) is 3.05. The molecule has 2 N–H and O–H groups in total. The number of cyclic esters (lactones) is 1. The Morgan fingerprint density at radius 2 is 1.91 bits per heavy atom. The second kappa shape index (κ2) is 8.28. The van der Waals surface area contributed by atoms with E-state index < -0.39 is 23.7 Å². The zero-order chi connectivity index (χ0) is 23.8. The van der Waals surface area contributed by atoms with Crippen LogP contribution in [0.1, 0.15) is 31.3 Å². The maximum atomic E-state index is 12.9. The molecule has 2 atom stereocenters. The van der Waals surface area contributed by atoms with Gasteiger partial charge in [0.15, 0.2) is 5.72 Å². The fourth-order valence-electron chi connectivity index (χ4n) is 3.27. The van der Waals surface area contributed by atoms with Crippen molar-refractivity contribution in [2.45, 2.75) is 31.8 Å². The number of carbonyl (C=O) groups excluding carboxylic acids is 1. The number of nitrogens with zero attached hydrogens (tertiary/aromatic N) is 5. The lowest BCUT2D eigenvalue weighted by atomic mass is 10.1. The molecule has 0 aliphatic carbocycles. The molecule has 33 heavy (non-hydrogen) atoms. The van der Waals surface area contributed by atoms with Crippen molar-refractivity contribution in [3.8, 4) is 11.1 Å². The molecule has 1 aliphatic heterocycles. The first kappa shape index (κ1) is 22.4. The molecule has 0 bridgehead atoms. The third-order valence-electron chi connectivity index (χ3n) is 4.96. The van der Waals surface area contributed by atoms with Crippen molar-refractivity contribution in [1.82, 2.24) is 19.9 Å². The molecular formula is C21H19F3N6O3. The quantitative estimate of drug-likeness (QED) is 0.591. The van der Waals surface area contributed by atoms with Crippen LogP contribution in [0.15, 0.2) is 48.9 Å². The summed E-state index contributed by atoms with van der Waals surface area (Å²) in [7, 11) is 0. The Bertz CT molecular complexity index is 1170. The van der Waals surface area contributed by atoms with Crippen LogP contribution in [0.4, 0.5) is 29.7 Å². The smallest absolute Gasteiger partial charge is 0.433 e. The van der Waals surface area contributed by atoms with Crippen LogP contribution in [-0.4, -0.2) is 43.5 Å². The zero-order valence-electron chi connectivity index (χ0n) is 17.5. The van der Waals surface area contributed by atoms with Gasteiger partial charge in [-0.1, -0.05) is 6.07 Å². The predicted octanol–water partition coefficient (Wildman–Crippen LogP) is 3.79. The molecule has 0 spiro atoms. The van der Waals surface area contributed by atoms with Crippen LogP contribution in [0.25, 0.3) is 11.1 Å². The molecule has 172 valence electrons. The molecule has 0 saturated carbocycles. The molecule has 0 aromatic carbocycles. The normalized spacial score (nSPS) is 19.3. The van der Waals surface area contributed by atoms with E-state index >= 15 is 0 Å². The summed E-state index contributed by atoms with van der Waals surface area (Å²) >= 11 is 0. The van der Waals surface area contributed by atoms with Gasteiger partial charge >= 0.3 is 12.3 Å². The monoisotopic (exact) mass is 460 g/mol. The topological polar surface area (TPSA) is 113 Å². The zero-order valence-corrected chi connectivity index (χ0v) is 17.5. The number of hydrogen-bond donors (Lipinski definition) is 2. The van der Waals surface area contributed by atoms with Crippen molar-refractivity contribution < 1.29 is 27.8 Å². The van der Waals surface area contributed by atoms with Crippen molar-refractivity contribution >= 4 is 17.9 Å². The van der Waals surface area contributed by atoms with E-state index in [4.69, 9.17) is 4.74 Å². The highest BCUT2D eigenvalue weighted by Crippen LogP contribution is 2.31. The first-order valence-electron chi connectivity index (χ1n) is 9.83. The van der Waals surface area contributed by atoms with Crippen molar-refractivity contribution in [1.29, 1.82) is 0 Å². The van der Waals surface area contributed by atoms with Gasteiger partial charge in [-0.05, 0) is 43.7 Å². The summed E-state index contributed by atoms with van der Waals surface area (Å²) in [5.74, 6) is 0.346. The van der Waals surface area contributed by atoms with E-state index in [1.807, 2.05) is 0 Å². The van der Waals surface area contributed by atoms with Crippen LogP contribution in [0.5, 0.6) is 0 Å². The Labute approximate surface area is 186 Å². The number of hydrogen-bond acceptors (Lipinski definition) is 8. The maximum absolute atomic E-state index is 12.9. The van der Waals surface area contributed by atoms with E-state index in [9.17, 15) is 23.1 Å². The number of ether oxygens (including phenoxy) is 1. The minimum Gasteiger partial charge on any atom is -0.444 e. The molecule has 0 radical (unpaired) electrons. The van der Waals surface area contributed by atoms with Crippen molar-refractivity contribution in [2.24, 2.45) is 0 Å². The molecule has 3 aromatic heterocycles. The molecule has 4 heterocycles. The minimum absolute atomic E-state index is 0.161. The number of aliphatic hydroxyl groups is 1. The molecule has 12 heteroatoms. The van der Waals surface area contributed by atoms with Crippen molar-refractivity contribution in [2.75, 3.05) is 16.8 Å². The highest BCUT2D eigenvalue weighted by molar-refractivity contribution is 5.89. The summed E-state index contributed by atoms with van der Waals surface area (Å²) in [5.41, 5.74) is -1.07. The van der Waals surface area contributed by atoms with Crippen molar-refractivity contribution in [3.05, 3.63) is 60.3 Å². The van der Waals surface area contributed by atoms with Crippen molar-refractivity contribution in [3.63, 3.8) is 0 Å². The number of alkyl halides is 3. The van der Waals surface area contributed by atoms with Crippen LogP contribution >= 0.6 is 0 Å². The van der Waals surface area contributed by atoms with Gasteiger partial charge in [-0.15, -0.1) is 0 Å². The Morgan fingerprint density at radius 1 is 1.15 bits per heavy atom. The second-order valence-electron chi connectivity index (χ2n) is 7.61. The SMILES string of the molecule is C[C@H](Nc1nccc(N2C(=O)OC[C@]2(C)O)n1)c1ccc(-c2ccnc(C(F)(F)F)c2)cn1. The molecule has 4 rings (SSSR count). The summed E-state index contributed by atoms with van der Waals surface area (Å²) in [6.45, 7) is 3.04. The van der Waals surface area contributed by atoms with Crippen LogP contribution < -0.4 is 10.2 Å². The van der Waals surface area contributed by atoms with E-state index in [-0.39, 0.29) is 24.4 Å². The predicted molar refractivity (Wildman–Crippen MR) is 111 cm³/mol. The summed E-state index contributed by atoms with van der Waals surface area (Å²) in [5, 5.41) is 13.4. The van der Waals surface area contributed by atoms with E-state index in [1.54, 1.807) is 19.1 Å². The third-order valence-corrected chi connectivity index (χ3v) is 4.96.